The van der Waals surface area contributed by atoms with E-state index in [0.717, 1.165) is 5.56 Å². The zero-order valence-corrected chi connectivity index (χ0v) is 18.7. The van der Waals surface area contributed by atoms with E-state index in [2.05, 4.69) is 16.0 Å². The van der Waals surface area contributed by atoms with Crippen molar-refractivity contribution in [1.82, 2.24) is 5.32 Å². The van der Waals surface area contributed by atoms with E-state index in [1.54, 1.807) is 24.3 Å². The first kappa shape index (κ1) is 23.4. The van der Waals surface area contributed by atoms with Crippen LogP contribution in [0.2, 0.25) is 10.0 Å². The number of benzene rings is 3. The minimum Gasteiger partial charge on any atom is -0.336 e. The fourth-order valence-corrected chi connectivity index (χ4v) is 3.13. The third kappa shape index (κ3) is 6.60. The number of carbonyl (C=O) groups is 2. The van der Waals surface area contributed by atoms with E-state index in [9.17, 15) is 14.0 Å². The standard InChI is InChI=1S/C23H21Cl2FN4O2/c1-15-2-6-17(7-3-15)28-22(31)27-12-13-30(19-9-4-16(26)5-10-19)23(32)29-18-8-11-20(24)21(25)14-18/h2-11,14H,12-13H2,1H3,(H,29,32)(H2,27,28,31). The van der Waals surface area contributed by atoms with E-state index in [4.69, 9.17) is 23.2 Å². The van der Waals surface area contributed by atoms with Crippen LogP contribution in [0.15, 0.2) is 66.7 Å². The van der Waals surface area contributed by atoms with Crippen molar-refractivity contribution in [2.45, 2.75) is 6.92 Å². The number of carbonyl (C=O) groups excluding carboxylic acids is 2. The molecule has 4 amide bonds. The minimum absolute atomic E-state index is 0.139. The minimum atomic E-state index is -0.476. The predicted molar refractivity (Wildman–Crippen MR) is 127 cm³/mol. The molecule has 3 aromatic rings. The summed E-state index contributed by atoms with van der Waals surface area (Å²) in [5.74, 6) is -0.422. The number of nitrogens with zero attached hydrogens (tertiary/aromatic N) is 1. The van der Waals surface area contributed by atoms with Gasteiger partial charge >= 0.3 is 12.1 Å². The Hall–Kier alpha value is -3.29. The summed E-state index contributed by atoms with van der Waals surface area (Å²) in [6.07, 6.45) is 0. The lowest BCUT2D eigenvalue weighted by molar-refractivity contribution is 0.250. The van der Waals surface area contributed by atoms with Crippen LogP contribution in [0.1, 0.15) is 5.56 Å². The molecular weight excluding hydrogens is 454 g/mol. The smallest absolute Gasteiger partial charge is 0.326 e. The maximum Gasteiger partial charge on any atom is 0.326 e. The third-order valence-electron chi connectivity index (χ3n) is 4.48. The van der Waals surface area contributed by atoms with Gasteiger partial charge in [-0.15, -0.1) is 0 Å². The first-order valence-corrected chi connectivity index (χ1v) is 10.5. The number of halogens is 3. The molecule has 0 saturated carbocycles. The third-order valence-corrected chi connectivity index (χ3v) is 5.22. The lowest BCUT2D eigenvalue weighted by Gasteiger charge is -2.23. The quantitative estimate of drug-likeness (QED) is 0.392. The average Bonchev–Trinajstić information content (AvgIpc) is 2.76. The summed E-state index contributed by atoms with van der Waals surface area (Å²) < 4.78 is 13.4. The molecule has 6 nitrogen and oxygen atoms in total. The van der Waals surface area contributed by atoms with E-state index in [-0.39, 0.29) is 13.1 Å². The van der Waals surface area contributed by atoms with Crippen LogP contribution in [-0.2, 0) is 0 Å². The van der Waals surface area contributed by atoms with Crippen molar-refractivity contribution in [2.24, 2.45) is 0 Å². The number of rotatable bonds is 6. The fourth-order valence-electron chi connectivity index (χ4n) is 2.83. The SMILES string of the molecule is Cc1ccc(NC(=O)NCCN(C(=O)Nc2ccc(Cl)c(Cl)c2)c2ccc(F)cc2)cc1. The number of urea groups is 2. The molecule has 0 aromatic heterocycles. The van der Waals surface area contributed by atoms with E-state index in [1.807, 2.05) is 19.1 Å². The van der Waals surface area contributed by atoms with E-state index in [0.29, 0.717) is 27.1 Å². The predicted octanol–water partition coefficient (Wildman–Crippen LogP) is 6.30. The van der Waals surface area contributed by atoms with Crippen LogP contribution in [-0.4, -0.2) is 25.2 Å². The average molecular weight is 475 g/mol. The largest absolute Gasteiger partial charge is 0.336 e. The van der Waals surface area contributed by atoms with Crippen molar-refractivity contribution in [2.75, 3.05) is 28.6 Å². The van der Waals surface area contributed by atoms with Gasteiger partial charge in [-0.1, -0.05) is 40.9 Å². The highest BCUT2D eigenvalue weighted by Crippen LogP contribution is 2.25. The molecule has 32 heavy (non-hydrogen) atoms. The Bertz CT molecular complexity index is 1090. The molecule has 0 aliphatic heterocycles. The molecule has 0 aliphatic rings. The summed E-state index contributed by atoms with van der Waals surface area (Å²) in [6.45, 7) is 2.25. The second-order valence-electron chi connectivity index (χ2n) is 6.93. The van der Waals surface area contributed by atoms with Crippen molar-refractivity contribution >= 4 is 52.3 Å². The molecule has 166 valence electrons. The highest BCUT2D eigenvalue weighted by atomic mass is 35.5. The van der Waals surface area contributed by atoms with E-state index < -0.39 is 17.9 Å². The van der Waals surface area contributed by atoms with Gasteiger partial charge in [0, 0.05) is 30.2 Å². The maximum atomic E-state index is 13.4. The Labute approximate surface area is 195 Å². The van der Waals surface area contributed by atoms with Crippen molar-refractivity contribution in [3.8, 4) is 0 Å². The Morgan fingerprint density at radius 3 is 2.19 bits per heavy atom. The van der Waals surface area contributed by atoms with Crippen LogP contribution >= 0.6 is 23.2 Å². The number of anilines is 3. The summed E-state index contributed by atoms with van der Waals surface area (Å²) in [5.41, 5.74) is 2.64. The van der Waals surface area contributed by atoms with Gasteiger partial charge in [-0.05, 0) is 61.5 Å². The number of aryl methyl sites for hydroxylation is 1. The van der Waals surface area contributed by atoms with Gasteiger partial charge in [0.05, 0.1) is 10.0 Å². The highest BCUT2D eigenvalue weighted by Gasteiger charge is 2.17. The molecule has 0 aliphatic carbocycles. The summed E-state index contributed by atoms with van der Waals surface area (Å²) in [7, 11) is 0. The van der Waals surface area contributed by atoms with Gasteiger partial charge in [0.15, 0.2) is 0 Å². The molecule has 0 saturated heterocycles. The molecule has 0 spiro atoms. The van der Waals surface area contributed by atoms with Crippen LogP contribution in [0.4, 0.5) is 31.0 Å². The summed E-state index contributed by atoms with van der Waals surface area (Å²) in [4.78, 5) is 26.5. The molecule has 3 rings (SSSR count). The molecular formula is C23H21Cl2FN4O2. The molecule has 9 heteroatoms. The second-order valence-corrected chi connectivity index (χ2v) is 7.75. The first-order chi connectivity index (χ1) is 15.3. The number of amides is 4. The topological polar surface area (TPSA) is 73.5 Å². The zero-order chi connectivity index (χ0) is 23.1. The number of nitrogens with one attached hydrogen (secondary N) is 3. The second kappa shape index (κ2) is 10.8. The van der Waals surface area contributed by atoms with Crippen molar-refractivity contribution in [3.05, 3.63) is 88.2 Å². The number of hydrogen-bond donors (Lipinski definition) is 3. The van der Waals surface area contributed by atoms with Crippen LogP contribution < -0.4 is 20.9 Å². The Balaban J connectivity index is 1.65. The van der Waals surface area contributed by atoms with Crippen LogP contribution in [0.25, 0.3) is 0 Å². The van der Waals surface area contributed by atoms with E-state index in [1.165, 1.54) is 35.2 Å². The molecule has 0 atom stereocenters. The highest BCUT2D eigenvalue weighted by molar-refractivity contribution is 6.42. The maximum absolute atomic E-state index is 13.4. The van der Waals surface area contributed by atoms with E-state index >= 15 is 0 Å². The van der Waals surface area contributed by atoms with Gasteiger partial charge in [0.2, 0.25) is 0 Å². The monoisotopic (exact) mass is 474 g/mol. The normalized spacial score (nSPS) is 10.4. The van der Waals surface area contributed by atoms with Gasteiger partial charge in [0.25, 0.3) is 0 Å². The molecule has 0 bridgehead atoms. The van der Waals surface area contributed by atoms with Crippen LogP contribution in [0.3, 0.4) is 0 Å². The summed E-state index contributed by atoms with van der Waals surface area (Å²) in [6, 6.07) is 16.7. The molecule has 0 unspecified atom stereocenters. The van der Waals surface area contributed by atoms with Crippen molar-refractivity contribution in [3.63, 3.8) is 0 Å². The lowest BCUT2D eigenvalue weighted by atomic mass is 10.2. The molecule has 3 aromatic carbocycles. The van der Waals surface area contributed by atoms with Crippen molar-refractivity contribution in [1.29, 1.82) is 0 Å². The lowest BCUT2D eigenvalue weighted by Crippen LogP contribution is -2.42. The van der Waals surface area contributed by atoms with Gasteiger partial charge < -0.3 is 16.0 Å². The van der Waals surface area contributed by atoms with Crippen LogP contribution in [0, 0.1) is 12.7 Å². The summed E-state index contributed by atoms with van der Waals surface area (Å²) >= 11 is 11.9. The zero-order valence-electron chi connectivity index (χ0n) is 17.2. The molecule has 0 fully saturated rings. The molecule has 3 N–H and O–H groups in total. The molecule has 0 heterocycles. The Morgan fingerprint density at radius 1 is 0.875 bits per heavy atom. The Morgan fingerprint density at radius 2 is 1.53 bits per heavy atom. The molecule has 0 radical (unpaired) electrons. The summed E-state index contributed by atoms with van der Waals surface area (Å²) in [5, 5.41) is 8.82. The number of hydrogen-bond acceptors (Lipinski definition) is 2. The Kier molecular flexibility index (Phi) is 7.92. The van der Waals surface area contributed by atoms with Gasteiger partial charge in [-0.25, -0.2) is 14.0 Å². The first-order valence-electron chi connectivity index (χ1n) is 9.72. The fraction of sp³-hybridized carbons (Fsp3) is 0.130. The van der Waals surface area contributed by atoms with Gasteiger partial charge in [-0.3, -0.25) is 4.90 Å². The van der Waals surface area contributed by atoms with Crippen molar-refractivity contribution < 1.29 is 14.0 Å². The van der Waals surface area contributed by atoms with Gasteiger partial charge in [0.1, 0.15) is 5.82 Å². The van der Waals surface area contributed by atoms with Crippen LogP contribution in [0.5, 0.6) is 0 Å². The van der Waals surface area contributed by atoms with Gasteiger partial charge in [-0.2, -0.15) is 0 Å².